The number of hydrogen-bond acceptors (Lipinski definition) is 2. The minimum atomic E-state index is 0.144. The molecule has 0 N–H and O–H groups in total. The number of aryl methyl sites for hydroxylation is 1. The number of rotatable bonds is 14. The SMILES string of the molecule is CCCN(CCC)CCCCCCc1ccc(C(=O)N(CC)CC)cc1. The van der Waals surface area contributed by atoms with E-state index < -0.39 is 0 Å². The number of nitrogens with zero attached hydrogens (tertiary/aromatic N) is 2. The third kappa shape index (κ3) is 8.35. The van der Waals surface area contributed by atoms with Gasteiger partial charge in [0.25, 0.3) is 5.91 Å². The van der Waals surface area contributed by atoms with E-state index in [1.54, 1.807) is 0 Å². The topological polar surface area (TPSA) is 23.6 Å². The summed E-state index contributed by atoms with van der Waals surface area (Å²) in [6.45, 7) is 13.9. The number of carbonyl (C=O) groups excluding carboxylic acids is 1. The Hall–Kier alpha value is -1.35. The molecule has 3 heteroatoms. The summed E-state index contributed by atoms with van der Waals surface area (Å²) < 4.78 is 0. The molecule has 0 bridgehead atoms. The Morgan fingerprint density at radius 1 is 0.769 bits per heavy atom. The molecule has 1 aromatic carbocycles. The summed E-state index contributed by atoms with van der Waals surface area (Å²) in [4.78, 5) is 16.8. The first-order valence-corrected chi connectivity index (χ1v) is 10.8. The van der Waals surface area contributed by atoms with Gasteiger partial charge in [0.2, 0.25) is 0 Å². The summed E-state index contributed by atoms with van der Waals surface area (Å²) >= 11 is 0. The van der Waals surface area contributed by atoms with Gasteiger partial charge < -0.3 is 9.80 Å². The van der Waals surface area contributed by atoms with Crippen molar-refractivity contribution in [3.63, 3.8) is 0 Å². The van der Waals surface area contributed by atoms with Gasteiger partial charge >= 0.3 is 0 Å². The van der Waals surface area contributed by atoms with Crippen molar-refractivity contribution in [2.45, 2.75) is 72.6 Å². The summed E-state index contributed by atoms with van der Waals surface area (Å²) in [5.74, 6) is 0.144. The van der Waals surface area contributed by atoms with E-state index in [9.17, 15) is 4.79 Å². The van der Waals surface area contributed by atoms with Gasteiger partial charge in [-0.15, -0.1) is 0 Å². The van der Waals surface area contributed by atoms with Crippen LogP contribution in [-0.2, 0) is 6.42 Å². The lowest BCUT2D eigenvalue weighted by Gasteiger charge is -2.20. The van der Waals surface area contributed by atoms with Crippen LogP contribution in [0.2, 0.25) is 0 Å². The summed E-state index contributed by atoms with van der Waals surface area (Å²) in [5, 5.41) is 0. The second-order valence-electron chi connectivity index (χ2n) is 7.18. The van der Waals surface area contributed by atoms with Gasteiger partial charge in [-0.1, -0.05) is 38.8 Å². The van der Waals surface area contributed by atoms with Gasteiger partial charge in [0, 0.05) is 18.7 Å². The van der Waals surface area contributed by atoms with Gasteiger partial charge in [0.15, 0.2) is 0 Å². The number of carbonyl (C=O) groups is 1. The summed E-state index contributed by atoms with van der Waals surface area (Å²) in [6, 6.07) is 8.23. The molecule has 1 rings (SSSR count). The molecule has 0 unspecified atom stereocenters. The minimum Gasteiger partial charge on any atom is -0.339 e. The highest BCUT2D eigenvalue weighted by atomic mass is 16.2. The Morgan fingerprint density at radius 3 is 1.88 bits per heavy atom. The molecule has 0 saturated heterocycles. The molecule has 0 fully saturated rings. The van der Waals surface area contributed by atoms with Crippen molar-refractivity contribution in [2.24, 2.45) is 0 Å². The molecule has 0 atom stereocenters. The third-order valence-electron chi connectivity index (χ3n) is 5.02. The maximum absolute atomic E-state index is 12.3. The molecule has 0 saturated carbocycles. The average molecular weight is 361 g/mol. The zero-order valence-corrected chi connectivity index (χ0v) is 17.6. The van der Waals surface area contributed by atoms with Gasteiger partial charge in [-0.05, 0) is 83.3 Å². The monoisotopic (exact) mass is 360 g/mol. The molecule has 0 radical (unpaired) electrons. The Balaban J connectivity index is 2.26. The molecule has 3 nitrogen and oxygen atoms in total. The van der Waals surface area contributed by atoms with Crippen LogP contribution in [-0.4, -0.2) is 48.4 Å². The Kier molecular flexibility index (Phi) is 12.0. The van der Waals surface area contributed by atoms with E-state index in [0.29, 0.717) is 0 Å². The molecule has 1 amide bonds. The van der Waals surface area contributed by atoms with Crippen LogP contribution in [0.1, 0.15) is 82.1 Å². The van der Waals surface area contributed by atoms with Crippen molar-refractivity contribution in [2.75, 3.05) is 32.7 Å². The fourth-order valence-corrected chi connectivity index (χ4v) is 3.49. The van der Waals surface area contributed by atoms with Crippen molar-refractivity contribution in [1.82, 2.24) is 9.80 Å². The van der Waals surface area contributed by atoms with E-state index >= 15 is 0 Å². The molecule has 0 aliphatic carbocycles. The Labute approximate surface area is 161 Å². The number of hydrogen-bond donors (Lipinski definition) is 0. The smallest absolute Gasteiger partial charge is 0.253 e. The van der Waals surface area contributed by atoms with Crippen LogP contribution in [0.5, 0.6) is 0 Å². The largest absolute Gasteiger partial charge is 0.339 e. The van der Waals surface area contributed by atoms with Gasteiger partial charge in [-0.25, -0.2) is 0 Å². The maximum atomic E-state index is 12.3. The third-order valence-corrected chi connectivity index (χ3v) is 5.02. The second kappa shape index (κ2) is 13.8. The number of unbranched alkanes of at least 4 members (excludes halogenated alkanes) is 3. The van der Waals surface area contributed by atoms with Crippen LogP contribution in [0.3, 0.4) is 0 Å². The van der Waals surface area contributed by atoms with Crippen LogP contribution in [0, 0.1) is 0 Å². The van der Waals surface area contributed by atoms with E-state index in [1.165, 1.54) is 63.7 Å². The molecule has 1 aromatic rings. The Morgan fingerprint density at radius 2 is 1.35 bits per heavy atom. The van der Waals surface area contributed by atoms with Crippen LogP contribution in [0.15, 0.2) is 24.3 Å². The fraction of sp³-hybridized carbons (Fsp3) is 0.696. The predicted molar refractivity (Wildman–Crippen MR) is 113 cm³/mol. The lowest BCUT2D eigenvalue weighted by molar-refractivity contribution is 0.0773. The average Bonchev–Trinajstić information content (AvgIpc) is 2.66. The minimum absolute atomic E-state index is 0.144. The van der Waals surface area contributed by atoms with Crippen LogP contribution in [0.25, 0.3) is 0 Å². The highest BCUT2D eigenvalue weighted by Gasteiger charge is 2.11. The van der Waals surface area contributed by atoms with Gasteiger partial charge in [0.05, 0.1) is 0 Å². The normalized spacial score (nSPS) is 11.1. The first-order chi connectivity index (χ1) is 12.7. The lowest BCUT2D eigenvalue weighted by atomic mass is 10.0. The summed E-state index contributed by atoms with van der Waals surface area (Å²) in [5.41, 5.74) is 2.16. The van der Waals surface area contributed by atoms with Gasteiger partial charge in [-0.3, -0.25) is 4.79 Å². The van der Waals surface area contributed by atoms with E-state index in [0.717, 1.165) is 25.1 Å². The standard InChI is InChI=1S/C23H40N2O/c1-5-18-24(19-6-2)20-12-10-9-11-13-21-14-16-22(17-15-21)23(26)25(7-3)8-4/h14-17H,5-13,18-20H2,1-4H3. The summed E-state index contributed by atoms with van der Waals surface area (Å²) in [7, 11) is 0. The van der Waals surface area contributed by atoms with Crippen LogP contribution in [0.4, 0.5) is 0 Å². The van der Waals surface area contributed by atoms with E-state index in [2.05, 4.69) is 30.9 Å². The fourth-order valence-electron chi connectivity index (χ4n) is 3.49. The lowest BCUT2D eigenvalue weighted by Crippen LogP contribution is -2.30. The summed E-state index contributed by atoms with van der Waals surface area (Å²) in [6.07, 6.45) is 8.81. The molecule has 0 heterocycles. The first kappa shape index (κ1) is 22.7. The molecule has 0 aromatic heterocycles. The molecule has 0 spiro atoms. The van der Waals surface area contributed by atoms with Crippen molar-refractivity contribution >= 4 is 5.91 Å². The molecule has 0 aliphatic rings. The quantitative estimate of drug-likeness (QED) is 0.415. The van der Waals surface area contributed by atoms with E-state index in [4.69, 9.17) is 0 Å². The highest BCUT2D eigenvalue weighted by molar-refractivity contribution is 5.94. The maximum Gasteiger partial charge on any atom is 0.253 e. The zero-order chi connectivity index (χ0) is 19.2. The number of amides is 1. The van der Waals surface area contributed by atoms with Crippen molar-refractivity contribution in [3.8, 4) is 0 Å². The first-order valence-electron chi connectivity index (χ1n) is 10.8. The Bertz CT molecular complexity index is 473. The molecular weight excluding hydrogens is 320 g/mol. The van der Waals surface area contributed by atoms with E-state index in [1.807, 2.05) is 30.9 Å². The van der Waals surface area contributed by atoms with Gasteiger partial charge in [0.1, 0.15) is 0 Å². The van der Waals surface area contributed by atoms with Crippen molar-refractivity contribution < 1.29 is 4.79 Å². The zero-order valence-electron chi connectivity index (χ0n) is 17.6. The molecule has 26 heavy (non-hydrogen) atoms. The predicted octanol–water partition coefficient (Wildman–Crippen LogP) is 5.39. The molecule has 148 valence electrons. The molecular formula is C23H40N2O. The van der Waals surface area contributed by atoms with Crippen LogP contribution >= 0.6 is 0 Å². The molecule has 0 aliphatic heterocycles. The van der Waals surface area contributed by atoms with Crippen molar-refractivity contribution in [3.05, 3.63) is 35.4 Å². The van der Waals surface area contributed by atoms with Crippen LogP contribution < -0.4 is 0 Å². The second-order valence-corrected chi connectivity index (χ2v) is 7.18. The van der Waals surface area contributed by atoms with Crippen molar-refractivity contribution in [1.29, 1.82) is 0 Å². The number of benzene rings is 1. The van der Waals surface area contributed by atoms with Gasteiger partial charge in [-0.2, -0.15) is 0 Å². The highest BCUT2D eigenvalue weighted by Crippen LogP contribution is 2.12. The van der Waals surface area contributed by atoms with E-state index in [-0.39, 0.29) is 5.91 Å².